The van der Waals surface area contributed by atoms with E-state index in [1.165, 1.54) is 6.92 Å². The third kappa shape index (κ3) is 11.8. The molecule has 17 nitrogen and oxygen atoms in total. The second-order valence-corrected chi connectivity index (χ2v) is 12.6. The van der Waals surface area contributed by atoms with E-state index in [0.717, 1.165) is 32.0 Å². The van der Waals surface area contributed by atoms with Gasteiger partial charge in [-0.05, 0) is 30.0 Å². The molecular weight excluding hydrogens is 656 g/mol. The van der Waals surface area contributed by atoms with Crippen molar-refractivity contribution in [3.63, 3.8) is 0 Å². The minimum atomic E-state index is -3.76. The molecule has 1 aromatic heterocycles. The molecule has 1 aromatic carbocycles. The quantitative estimate of drug-likeness (QED) is 0.127. The predicted molar refractivity (Wildman–Crippen MR) is 166 cm³/mol. The zero-order valence-corrected chi connectivity index (χ0v) is 28.4. The van der Waals surface area contributed by atoms with Crippen molar-refractivity contribution in [3.8, 4) is 11.6 Å². The lowest BCUT2D eigenvalue weighted by Crippen LogP contribution is -2.63. The van der Waals surface area contributed by atoms with Crippen molar-refractivity contribution < 1.29 is 60.8 Å². The molecule has 1 saturated heterocycles. The van der Waals surface area contributed by atoms with Gasteiger partial charge in [-0.3, -0.25) is 24.3 Å². The van der Waals surface area contributed by atoms with Crippen LogP contribution in [-0.4, -0.2) is 93.0 Å². The van der Waals surface area contributed by atoms with Gasteiger partial charge in [-0.25, -0.2) is 9.86 Å². The maximum absolute atomic E-state index is 12.2. The Labute approximate surface area is 278 Å². The van der Waals surface area contributed by atoms with Crippen LogP contribution in [0.4, 0.5) is 0 Å². The SMILES string of the molecule is CC(=O)OC[C@H]1O[C@@H](Oc2n[nH]c(C(C)C)c2Cc2ccc(OCCCNS(N)(=O)=O)cc2)[C@H](OC(C)=O)[C@@H](OC(C)=O)[C@@H]1OC(C)=O. The number of H-pyrrole nitrogens is 1. The number of nitrogens with one attached hydrogen (secondary N) is 2. The number of nitrogens with two attached hydrogens (primary N) is 1. The highest BCUT2D eigenvalue weighted by molar-refractivity contribution is 7.87. The Balaban J connectivity index is 1.89. The van der Waals surface area contributed by atoms with Crippen molar-refractivity contribution in [1.29, 1.82) is 0 Å². The average Bonchev–Trinajstić information content (AvgIpc) is 3.36. The Hall–Kier alpha value is -4.26. The molecule has 3 rings (SSSR count). The molecule has 0 bridgehead atoms. The van der Waals surface area contributed by atoms with Crippen molar-refractivity contribution in [3.05, 3.63) is 41.1 Å². The van der Waals surface area contributed by atoms with Gasteiger partial charge in [0.05, 0.1) is 6.61 Å². The van der Waals surface area contributed by atoms with E-state index in [9.17, 15) is 27.6 Å². The maximum Gasteiger partial charge on any atom is 0.303 e. The van der Waals surface area contributed by atoms with Crippen molar-refractivity contribution in [1.82, 2.24) is 14.9 Å². The fourth-order valence-electron chi connectivity index (χ4n) is 4.88. The van der Waals surface area contributed by atoms with E-state index >= 15 is 0 Å². The van der Waals surface area contributed by atoms with Gasteiger partial charge in [-0.1, -0.05) is 26.0 Å². The summed E-state index contributed by atoms with van der Waals surface area (Å²) in [6, 6.07) is 7.20. The number of aromatic amines is 1. The van der Waals surface area contributed by atoms with E-state index in [4.69, 9.17) is 38.3 Å². The summed E-state index contributed by atoms with van der Waals surface area (Å²) in [6.07, 6.45) is -6.04. The van der Waals surface area contributed by atoms with E-state index in [-0.39, 0.29) is 24.9 Å². The van der Waals surface area contributed by atoms with E-state index in [1.54, 1.807) is 12.1 Å². The number of rotatable bonds is 16. The minimum Gasteiger partial charge on any atom is -0.494 e. The molecule has 0 radical (unpaired) electrons. The zero-order valence-electron chi connectivity index (χ0n) is 27.5. The molecule has 0 aliphatic carbocycles. The first-order valence-electron chi connectivity index (χ1n) is 15.1. The fraction of sp³-hybridized carbons (Fsp3) is 0.567. The molecule has 48 heavy (non-hydrogen) atoms. The molecule has 0 amide bonds. The molecular formula is C30H42N4O13S. The summed E-state index contributed by atoms with van der Waals surface area (Å²) < 4.78 is 63.7. The number of ether oxygens (including phenoxy) is 7. The monoisotopic (exact) mass is 698 g/mol. The second-order valence-electron chi connectivity index (χ2n) is 11.2. The summed E-state index contributed by atoms with van der Waals surface area (Å²) in [4.78, 5) is 48.1. The summed E-state index contributed by atoms with van der Waals surface area (Å²) in [5, 5.41) is 12.3. The molecule has 4 N–H and O–H groups in total. The molecule has 0 saturated carbocycles. The maximum atomic E-state index is 12.2. The van der Waals surface area contributed by atoms with Crippen LogP contribution in [0.1, 0.15) is 70.7 Å². The average molecular weight is 699 g/mol. The lowest BCUT2D eigenvalue weighted by atomic mass is 9.97. The van der Waals surface area contributed by atoms with Crippen molar-refractivity contribution >= 4 is 34.1 Å². The Kier molecular flexibility index (Phi) is 13.7. The van der Waals surface area contributed by atoms with Crippen molar-refractivity contribution in [2.45, 2.75) is 91.0 Å². The van der Waals surface area contributed by atoms with Crippen molar-refractivity contribution in [2.75, 3.05) is 19.8 Å². The summed E-state index contributed by atoms with van der Waals surface area (Å²) in [7, 11) is -3.76. The summed E-state index contributed by atoms with van der Waals surface area (Å²) in [5.74, 6) is -2.27. The van der Waals surface area contributed by atoms with Gasteiger partial charge in [0.2, 0.25) is 18.3 Å². The zero-order chi connectivity index (χ0) is 35.6. The number of carbonyl (C=O) groups excluding carboxylic acids is 4. The van der Waals surface area contributed by atoms with Crippen LogP contribution in [-0.2, 0) is 59.5 Å². The van der Waals surface area contributed by atoms with E-state index in [2.05, 4.69) is 14.9 Å². The molecule has 266 valence electrons. The first-order chi connectivity index (χ1) is 22.5. The molecule has 0 unspecified atom stereocenters. The van der Waals surface area contributed by atoms with Gasteiger partial charge in [0, 0.05) is 51.9 Å². The molecule has 2 heterocycles. The molecule has 1 aliphatic heterocycles. The van der Waals surface area contributed by atoms with Crippen LogP contribution >= 0.6 is 0 Å². The van der Waals surface area contributed by atoms with Gasteiger partial charge in [0.25, 0.3) is 10.2 Å². The Bertz CT molecular complexity index is 1530. The lowest BCUT2D eigenvalue weighted by molar-refractivity contribution is -0.289. The van der Waals surface area contributed by atoms with Crippen LogP contribution < -0.4 is 19.3 Å². The van der Waals surface area contributed by atoms with Gasteiger partial charge in [-0.15, -0.1) is 5.10 Å². The second kappa shape index (κ2) is 17.2. The van der Waals surface area contributed by atoms with Crippen LogP contribution in [0.5, 0.6) is 11.6 Å². The molecule has 1 aliphatic rings. The van der Waals surface area contributed by atoms with Crippen LogP contribution in [0.3, 0.4) is 0 Å². The van der Waals surface area contributed by atoms with Gasteiger partial charge in [-0.2, -0.15) is 8.42 Å². The highest BCUT2D eigenvalue weighted by Gasteiger charge is 2.53. The van der Waals surface area contributed by atoms with Crippen LogP contribution in [0.2, 0.25) is 0 Å². The molecule has 2 aromatic rings. The highest BCUT2D eigenvalue weighted by Crippen LogP contribution is 2.34. The van der Waals surface area contributed by atoms with E-state index < -0.39 is 71.4 Å². The predicted octanol–water partition coefficient (Wildman–Crippen LogP) is 1.15. The highest BCUT2D eigenvalue weighted by atomic mass is 32.2. The number of benzene rings is 1. The topological polar surface area (TPSA) is 234 Å². The first-order valence-corrected chi connectivity index (χ1v) is 16.6. The number of hydrogen-bond acceptors (Lipinski definition) is 14. The minimum absolute atomic E-state index is 0.0196. The number of aromatic nitrogens is 2. The molecule has 1 fully saturated rings. The van der Waals surface area contributed by atoms with Crippen LogP contribution in [0, 0.1) is 0 Å². The van der Waals surface area contributed by atoms with Crippen LogP contribution in [0.15, 0.2) is 24.3 Å². The summed E-state index contributed by atoms with van der Waals surface area (Å²) >= 11 is 0. The van der Waals surface area contributed by atoms with Crippen molar-refractivity contribution in [2.24, 2.45) is 5.14 Å². The van der Waals surface area contributed by atoms with Gasteiger partial charge in [0.1, 0.15) is 18.5 Å². The smallest absolute Gasteiger partial charge is 0.303 e. The van der Waals surface area contributed by atoms with Gasteiger partial charge in [0.15, 0.2) is 12.2 Å². The largest absolute Gasteiger partial charge is 0.494 e. The Morgan fingerprint density at radius 2 is 1.54 bits per heavy atom. The third-order valence-corrected chi connectivity index (χ3v) is 7.42. The third-order valence-electron chi connectivity index (χ3n) is 6.81. The number of carbonyl (C=O) groups is 4. The lowest BCUT2D eigenvalue weighted by Gasteiger charge is -2.43. The standard InChI is InChI=1S/C30H42N4O13S/c1-16(2)25-23(14-21-8-10-22(11-9-21)41-13-7-12-32-48(31,39)40)29(34-33-25)47-30-28(45-20(6)38)27(44-19(5)37)26(43-18(4)36)24(46-30)15-42-17(3)35/h8-11,16,24,26-28,30,32H,7,12-15H2,1-6H3,(H,33,34)(H2,31,39,40)/t24-,26-,27+,28-,30+/m1/s1. The fourth-order valence-corrected chi connectivity index (χ4v) is 5.31. The number of hydrogen-bond donors (Lipinski definition) is 3. The normalized spacial score (nSPS) is 20.9. The van der Waals surface area contributed by atoms with E-state index in [0.29, 0.717) is 24.2 Å². The van der Waals surface area contributed by atoms with E-state index in [1.807, 2.05) is 26.0 Å². The van der Waals surface area contributed by atoms with Gasteiger partial charge < -0.3 is 33.2 Å². The first kappa shape index (κ1) is 38.2. The Morgan fingerprint density at radius 1 is 0.938 bits per heavy atom. The Morgan fingerprint density at radius 3 is 2.10 bits per heavy atom. The van der Waals surface area contributed by atoms with Gasteiger partial charge >= 0.3 is 23.9 Å². The summed E-state index contributed by atoms with van der Waals surface area (Å²) in [6.45, 7) is 8.49. The number of esters is 4. The summed E-state index contributed by atoms with van der Waals surface area (Å²) in [5.41, 5.74) is 2.26. The van der Waals surface area contributed by atoms with Crippen LogP contribution in [0.25, 0.3) is 0 Å². The molecule has 0 spiro atoms. The molecule has 5 atom stereocenters. The number of nitrogens with zero attached hydrogens (tertiary/aromatic N) is 1. The molecule has 18 heteroatoms.